The molecule has 3 nitrogen and oxygen atoms in total. The molecule has 2 aliphatic rings. The molecule has 4 heteroatoms. The minimum atomic E-state index is -0.779. The molecule has 1 N–H and O–H groups in total. The van der Waals surface area contributed by atoms with Crippen LogP contribution in [0.5, 0.6) is 5.75 Å². The topological polar surface area (TPSA) is 32.7 Å². The summed E-state index contributed by atoms with van der Waals surface area (Å²) in [7, 11) is 1.47. The van der Waals surface area contributed by atoms with Gasteiger partial charge in [0.05, 0.1) is 12.7 Å². The Morgan fingerprint density at radius 2 is 2.30 bits per heavy atom. The minimum absolute atomic E-state index is 0.254. The van der Waals surface area contributed by atoms with Crippen LogP contribution in [-0.2, 0) is 6.42 Å². The molecule has 2 aliphatic heterocycles. The summed E-state index contributed by atoms with van der Waals surface area (Å²) in [6.07, 6.45) is 4.22. The van der Waals surface area contributed by atoms with Crippen molar-refractivity contribution in [3.05, 3.63) is 29.6 Å². The van der Waals surface area contributed by atoms with E-state index in [1.54, 1.807) is 18.2 Å². The van der Waals surface area contributed by atoms with E-state index in [0.717, 1.165) is 32.4 Å². The highest BCUT2D eigenvalue weighted by Gasteiger charge is 2.40. The number of piperidine rings is 1. The van der Waals surface area contributed by atoms with Crippen LogP contribution < -0.4 is 4.74 Å². The van der Waals surface area contributed by atoms with Crippen LogP contribution in [0.25, 0.3) is 0 Å². The molecule has 1 aromatic carbocycles. The molecule has 2 saturated heterocycles. The van der Waals surface area contributed by atoms with E-state index in [1.807, 2.05) is 0 Å². The average Bonchev–Trinajstić information content (AvgIpc) is 2.88. The zero-order chi connectivity index (χ0) is 14.2. The molecule has 110 valence electrons. The van der Waals surface area contributed by atoms with Crippen LogP contribution in [0.2, 0.25) is 0 Å². The van der Waals surface area contributed by atoms with E-state index in [4.69, 9.17) is 4.74 Å². The van der Waals surface area contributed by atoms with E-state index >= 15 is 0 Å². The molecular weight excluding hydrogens is 257 g/mol. The van der Waals surface area contributed by atoms with Gasteiger partial charge in [-0.2, -0.15) is 0 Å². The number of hydrogen-bond acceptors (Lipinski definition) is 3. The van der Waals surface area contributed by atoms with Crippen molar-refractivity contribution in [2.45, 2.75) is 43.7 Å². The maximum Gasteiger partial charge on any atom is 0.168 e. The fourth-order valence-corrected chi connectivity index (χ4v) is 3.68. The Hall–Kier alpha value is -1.13. The first-order chi connectivity index (χ1) is 9.61. The summed E-state index contributed by atoms with van der Waals surface area (Å²) in [5.41, 5.74) is -0.225. The number of halogens is 1. The van der Waals surface area contributed by atoms with Gasteiger partial charge in [0.15, 0.2) is 11.6 Å². The number of aliphatic hydroxyl groups is 1. The van der Waals surface area contributed by atoms with Crippen LogP contribution in [0.4, 0.5) is 4.39 Å². The quantitative estimate of drug-likeness (QED) is 0.922. The van der Waals surface area contributed by atoms with Gasteiger partial charge >= 0.3 is 0 Å². The second kappa shape index (κ2) is 5.34. The summed E-state index contributed by atoms with van der Waals surface area (Å²) < 4.78 is 19.2. The van der Waals surface area contributed by atoms with Gasteiger partial charge in [-0.3, -0.25) is 0 Å². The van der Waals surface area contributed by atoms with Gasteiger partial charge in [-0.15, -0.1) is 0 Å². The Labute approximate surface area is 119 Å². The van der Waals surface area contributed by atoms with Crippen molar-refractivity contribution in [3.8, 4) is 5.75 Å². The summed E-state index contributed by atoms with van der Waals surface area (Å²) in [4.78, 5) is 2.45. The third-order valence-electron chi connectivity index (χ3n) is 4.76. The summed E-state index contributed by atoms with van der Waals surface area (Å²) >= 11 is 0. The molecule has 20 heavy (non-hydrogen) atoms. The Morgan fingerprint density at radius 1 is 1.45 bits per heavy atom. The maximum atomic E-state index is 14.2. The average molecular weight is 279 g/mol. The summed E-state index contributed by atoms with van der Waals surface area (Å²) in [6.45, 7) is 2.07. The molecule has 0 aromatic heterocycles. The molecule has 0 bridgehead atoms. The van der Waals surface area contributed by atoms with Gasteiger partial charge in [-0.25, -0.2) is 4.39 Å². The van der Waals surface area contributed by atoms with Crippen molar-refractivity contribution in [3.63, 3.8) is 0 Å². The van der Waals surface area contributed by atoms with Gasteiger partial charge in [0.25, 0.3) is 0 Å². The highest BCUT2D eigenvalue weighted by molar-refractivity contribution is 5.32. The molecule has 0 saturated carbocycles. The van der Waals surface area contributed by atoms with Gasteiger partial charge in [0.1, 0.15) is 0 Å². The lowest BCUT2D eigenvalue weighted by Gasteiger charge is -2.41. The molecule has 2 heterocycles. The summed E-state index contributed by atoms with van der Waals surface area (Å²) in [6, 6.07) is 5.62. The van der Waals surface area contributed by atoms with Gasteiger partial charge < -0.3 is 14.7 Å². The van der Waals surface area contributed by atoms with E-state index < -0.39 is 5.60 Å². The minimum Gasteiger partial charge on any atom is -0.494 e. The van der Waals surface area contributed by atoms with Gasteiger partial charge in [-0.05, 0) is 43.9 Å². The van der Waals surface area contributed by atoms with Crippen LogP contribution >= 0.6 is 0 Å². The molecule has 3 rings (SSSR count). The number of fused-ring (bicyclic) bond motifs is 1. The second-order valence-corrected chi connectivity index (χ2v) is 6.12. The van der Waals surface area contributed by atoms with Crippen molar-refractivity contribution in [2.75, 3.05) is 20.2 Å². The van der Waals surface area contributed by atoms with Crippen molar-refractivity contribution in [1.29, 1.82) is 0 Å². The lowest BCUT2D eigenvalue weighted by Crippen LogP contribution is -2.48. The molecule has 2 atom stereocenters. The Morgan fingerprint density at radius 3 is 3.10 bits per heavy atom. The molecule has 0 aliphatic carbocycles. The highest BCUT2D eigenvalue weighted by atomic mass is 19.1. The zero-order valence-corrected chi connectivity index (χ0v) is 11.9. The number of rotatable bonds is 3. The predicted octanol–water partition coefficient (Wildman–Crippen LogP) is 2.37. The van der Waals surface area contributed by atoms with Crippen molar-refractivity contribution in [1.82, 2.24) is 4.90 Å². The summed E-state index contributed by atoms with van der Waals surface area (Å²) in [5.74, 6) is -0.0818. The van der Waals surface area contributed by atoms with E-state index in [0.29, 0.717) is 18.0 Å². The Balaban J connectivity index is 1.76. The second-order valence-electron chi connectivity index (χ2n) is 6.12. The van der Waals surface area contributed by atoms with E-state index in [9.17, 15) is 9.50 Å². The molecule has 0 spiro atoms. The molecular formula is C16H22FNO2. The maximum absolute atomic E-state index is 14.2. The van der Waals surface area contributed by atoms with Crippen LogP contribution in [0, 0.1) is 5.82 Å². The molecule has 2 unspecified atom stereocenters. The molecule has 2 fully saturated rings. The fraction of sp³-hybridized carbons (Fsp3) is 0.625. The molecule has 1 aromatic rings. The normalized spacial score (nSPS) is 30.2. The first-order valence-electron chi connectivity index (χ1n) is 7.39. The number of nitrogens with zero attached hydrogens (tertiary/aromatic N) is 1. The van der Waals surface area contributed by atoms with E-state index in [1.165, 1.54) is 13.5 Å². The van der Waals surface area contributed by atoms with Crippen LogP contribution in [-0.4, -0.2) is 41.8 Å². The number of methoxy groups -OCH3 is 1. The standard InChI is InChI=1S/C16H22FNO2/c1-20-14-6-2-4-12(15(14)17)10-16(19)7-9-18-8-3-5-13(18)11-16/h2,4,6,13,19H,3,5,7-11H2,1H3. The predicted molar refractivity (Wildman–Crippen MR) is 75.4 cm³/mol. The van der Waals surface area contributed by atoms with E-state index in [-0.39, 0.29) is 11.6 Å². The smallest absolute Gasteiger partial charge is 0.168 e. The zero-order valence-electron chi connectivity index (χ0n) is 11.9. The third-order valence-corrected chi connectivity index (χ3v) is 4.76. The lowest BCUT2D eigenvalue weighted by atomic mass is 9.81. The fourth-order valence-electron chi connectivity index (χ4n) is 3.68. The van der Waals surface area contributed by atoms with Gasteiger partial charge in [-0.1, -0.05) is 12.1 Å². The first-order valence-corrected chi connectivity index (χ1v) is 7.39. The first kappa shape index (κ1) is 13.8. The van der Waals surface area contributed by atoms with Gasteiger partial charge in [0, 0.05) is 19.0 Å². The van der Waals surface area contributed by atoms with Gasteiger partial charge in [0.2, 0.25) is 0 Å². The van der Waals surface area contributed by atoms with Crippen LogP contribution in [0.15, 0.2) is 18.2 Å². The number of hydrogen-bond donors (Lipinski definition) is 1. The SMILES string of the molecule is COc1cccc(CC2(O)CCN3CCCC3C2)c1F. The largest absolute Gasteiger partial charge is 0.494 e. The summed E-state index contributed by atoms with van der Waals surface area (Å²) in [5, 5.41) is 10.8. The number of ether oxygens (including phenoxy) is 1. The molecule has 0 radical (unpaired) electrons. The highest BCUT2D eigenvalue weighted by Crippen LogP contribution is 2.36. The van der Waals surface area contributed by atoms with Crippen molar-refractivity contribution >= 4 is 0 Å². The Kier molecular flexibility index (Phi) is 3.69. The van der Waals surface area contributed by atoms with Crippen LogP contribution in [0.1, 0.15) is 31.2 Å². The lowest BCUT2D eigenvalue weighted by molar-refractivity contribution is -0.0359. The third kappa shape index (κ3) is 2.54. The van der Waals surface area contributed by atoms with Crippen LogP contribution in [0.3, 0.4) is 0 Å². The van der Waals surface area contributed by atoms with E-state index in [2.05, 4.69) is 4.90 Å². The van der Waals surface area contributed by atoms with Crippen molar-refractivity contribution in [2.24, 2.45) is 0 Å². The monoisotopic (exact) mass is 279 g/mol. The van der Waals surface area contributed by atoms with Crippen molar-refractivity contribution < 1.29 is 14.2 Å². The molecule has 0 amide bonds. The Bertz CT molecular complexity index is 493. The number of benzene rings is 1.